The van der Waals surface area contributed by atoms with E-state index >= 15 is 0 Å². The monoisotopic (exact) mass is 240 g/mol. The summed E-state index contributed by atoms with van der Waals surface area (Å²) in [7, 11) is 0. The first-order valence-corrected chi connectivity index (χ1v) is 6.26. The van der Waals surface area contributed by atoms with Gasteiger partial charge >= 0.3 is 5.97 Å². The molecule has 1 saturated heterocycles. The van der Waals surface area contributed by atoms with E-state index in [1.807, 2.05) is 6.92 Å². The maximum absolute atomic E-state index is 12.2. The molecule has 0 aromatic heterocycles. The first-order valence-electron chi connectivity index (χ1n) is 6.26. The second-order valence-electron chi connectivity index (χ2n) is 5.44. The van der Waals surface area contributed by atoms with Crippen LogP contribution in [0.2, 0.25) is 0 Å². The van der Waals surface area contributed by atoms with E-state index in [0.717, 1.165) is 19.3 Å². The largest absolute Gasteiger partial charge is 0.481 e. The van der Waals surface area contributed by atoms with E-state index in [-0.39, 0.29) is 23.8 Å². The lowest BCUT2D eigenvalue weighted by molar-refractivity contribution is -0.142. The predicted octanol–water partition coefficient (Wildman–Crippen LogP) is 0.293. The summed E-state index contributed by atoms with van der Waals surface area (Å²) >= 11 is 0. The van der Waals surface area contributed by atoms with Crippen LogP contribution in [0.25, 0.3) is 0 Å². The number of carboxylic acid groups (broad SMARTS) is 1. The first kappa shape index (κ1) is 12.4. The van der Waals surface area contributed by atoms with Crippen LogP contribution < -0.4 is 5.73 Å². The summed E-state index contributed by atoms with van der Waals surface area (Å²) in [5.41, 5.74) is 5.80. The SMILES string of the molecule is CC1CN(C(=O)C2CCC(N)C2)CC1C(=O)O. The standard InChI is InChI=1S/C12H20N2O3/c1-7-5-14(6-10(7)12(16)17)11(15)8-2-3-9(13)4-8/h7-10H,2-6,13H2,1H3,(H,16,17). The highest BCUT2D eigenvalue weighted by molar-refractivity contribution is 5.81. The van der Waals surface area contributed by atoms with Crippen LogP contribution in [0.15, 0.2) is 0 Å². The Morgan fingerprint density at radius 3 is 2.47 bits per heavy atom. The lowest BCUT2D eigenvalue weighted by Crippen LogP contribution is -2.34. The number of hydrogen-bond donors (Lipinski definition) is 2. The Bertz CT molecular complexity index is 332. The number of carboxylic acids is 1. The number of nitrogens with two attached hydrogens (primary N) is 1. The molecule has 0 aromatic rings. The molecule has 2 fully saturated rings. The van der Waals surface area contributed by atoms with Gasteiger partial charge in [-0.25, -0.2) is 0 Å². The molecule has 5 heteroatoms. The van der Waals surface area contributed by atoms with Gasteiger partial charge in [0.2, 0.25) is 5.91 Å². The highest BCUT2D eigenvalue weighted by Gasteiger charge is 2.40. The number of carbonyl (C=O) groups excluding carboxylic acids is 1. The van der Waals surface area contributed by atoms with Crippen LogP contribution in [-0.2, 0) is 9.59 Å². The van der Waals surface area contributed by atoms with Crippen molar-refractivity contribution in [2.45, 2.75) is 32.2 Å². The molecule has 1 saturated carbocycles. The van der Waals surface area contributed by atoms with Crippen LogP contribution in [0, 0.1) is 17.8 Å². The Labute approximate surface area is 101 Å². The average molecular weight is 240 g/mol. The topological polar surface area (TPSA) is 83.6 Å². The fourth-order valence-corrected chi connectivity index (χ4v) is 2.97. The number of rotatable bonds is 2. The van der Waals surface area contributed by atoms with Gasteiger partial charge in [0, 0.05) is 25.0 Å². The van der Waals surface area contributed by atoms with Gasteiger partial charge in [-0.1, -0.05) is 6.92 Å². The van der Waals surface area contributed by atoms with Gasteiger partial charge in [-0.2, -0.15) is 0 Å². The molecule has 4 atom stereocenters. The van der Waals surface area contributed by atoms with Crippen LogP contribution >= 0.6 is 0 Å². The van der Waals surface area contributed by atoms with E-state index in [9.17, 15) is 9.59 Å². The molecule has 1 heterocycles. The number of aliphatic carboxylic acids is 1. The third kappa shape index (κ3) is 2.44. The van der Waals surface area contributed by atoms with Crippen molar-refractivity contribution in [1.29, 1.82) is 0 Å². The van der Waals surface area contributed by atoms with Gasteiger partial charge in [0.1, 0.15) is 0 Å². The molecule has 1 amide bonds. The number of amides is 1. The van der Waals surface area contributed by atoms with E-state index in [0.29, 0.717) is 13.1 Å². The van der Waals surface area contributed by atoms with Crippen LogP contribution in [0.5, 0.6) is 0 Å². The molecule has 1 aliphatic carbocycles. The van der Waals surface area contributed by atoms with E-state index in [4.69, 9.17) is 10.8 Å². The zero-order valence-electron chi connectivity index (χ0n) is 10.1. The van der Waals surface area contributed by atoms with Crippen molar-refractivity contribution in [3.63, 3.8) is 0 Å². The van der Waals surface area contributed by atoms with Crippen LogP contribution in [0.4, 0.5) is 0 Å². The zero-order chi connectivity index (χ0) is 12.6. The fraction of sp³-hybridized carbons (Fsp3) is 0.833. The van der Waals surface area contributed by atoms with Gasteiger partial charge in [0.25, 0.3) is 0 Å². The second-order valence-corrected chi connectivity index (χ2v) is 5.44. The molecule has 17 heavy (non-hydrogen) atoms. The molecule has 96 valence electrons. The quantitative estimate of drug-likeness (QED) is 0.726. The summed E-state index contributed by atoms with van der Waals surface area (Å²) < 4.78 is 0. The summed E-state index contributed by atoms with van der Waals surface area (Å²) in [6, 6.07) is 0.138. The summed E-state index contributed by atoms with van der Waals surface area (Å²) in [6.07, 6.45) is 2.51. The third-order valence-corrected chi connectivity index (χ3v) is 4.06. The van der Waals surface area contributed by atoms with Gasteiger partial charge in [-0.05, 0) is 25.2 Å². The predicted molar refractivity (Wildman–Crippen MR) is 62.2 cm³/mol. The van der Waals surface area contributed by atoms with E-state index in [1.54, 1.807) is 4.90 Å². The van der Waals surface area contributed by atoms with Gasteiger partial charge in [-0.15, -0.1) is 0 Å². The third-order valence-electron chi connectivity index (χ3n) is 4.06. The van der Waals surface area contributed by atoms with Crippen LogP contribution in [0.3, 0.4) is 0 Å². The summed E-state index contributed by atoms with van der Waals surface area (Å²) in [4.78, 5) is 24.9. The minimum Gasteiger partial charge on any atom is -0.481 e. The summed E-state index contributed by atoms with van der Waals surface area (Å²) in [5.74, 6) is -1.03. The van der Waals surface area contributed by atoms with Gasteiger partial charge in [0.15, 0.2) is 0 Å². The molecule has 3 N–H and O–H groups in total. The molecule has 0 radical (unpaired) electrons. The van der Waals surface area contributed by atoms with Crippen molar-refractivity contribution in [3.8, 4) is 0 Å². The van der Waals surface area contributed by atoms with Crippen LogP contribution in [0.1, 0.15) is 26.2 Å². The molecule has 2 rings (SSSR count). The average Bonchev–Trinajstić information content (AvgIpc) is 2.83. The second kappa shape index (κ2) is 4.64. The number of likely N-dealkylation sites (tertiary alicyclic amines) is 1. The molecule has 0 aromatic carbocycles. The van der Waals surface area contributed by atoms with E-state index in [2.05, 4.69) is 0 Å². The van der Waals surface area contributed by atoms with Gasteiger partial charge < -0.3 is 15.7 Å². The minimum atomic E-state index is -0.795. The molecule has 0 bridgehead atoms. The Morgan fingerprint density at radius 1 is 1.29 bits per heavy atom. The molecule has 4 unspecified atom stereocenters. The molecule has 1 aliphatic heterocycles. The van der Waals surface area contributed by atoms with Crippen molar-refractivity contribution < 1.29 is 14.7 Å². The molecular weight excluding hydrogens is 220 g/mol. The Kier molecular flexibility index (Phi) is 3.38. The van der Waals surface area contributed by atoms with Gasteiger partial charge in [-0.3, -0.25) is 9.59 Å². The first-order chi connectivity index (χ1) is 7.99. The Morgan fingerprint density at radius 2 is 2.00 bits per heavy atom. The lowest BCUT2D eigenvalue weighted by atomic mass is 9.99. The normalized spacial score (nSPS) is 37.4. The van der Waals surface area contributed by atoms with E-state index < -0.39 is 11.9 Å². The van der Waals surface area contributed by atoms with Crippen molar-refractivity contribution in [1.82, 2.24) is 4.90 Å². The molecule has 0 spiro atoms. The van der Waals surface area contributed by atoms with Crippen LogP contribution in [-0.4, -0.2) is 41.0 Å². The van der Waals surface area contributed by atoms with Gasteiger partial charge in [0.05, 0.1) is 5.92 Å². The van der Waals surface area contributed by atoms with Crippen molar-refractivity contribution >= 4 is 11.9 Å². The molecular formula is C12H20N2O3. The van der Waals surface area contributed by atoms with Crippen molar-refractivity contribution in [2.24, 2.45) is 23.5 Å². The zero-order valence-corrected chi connectivity index (χ0v) is 10.1. The number of carbonyl (C=O) groups is 2. The Hall–Kier alpha value is -1.10. The van der Waals surface area contributed by atoms with Crippen molar-refractivity contribution in [3.05, 3.63) is 0 Å². The maximum Gasteiger partial charge on any atom is 0.308 e. The number of nitrogens with zero attached hydrogens (tertiary/aromatic N) is 1. The highest BCUT2D eigenvalue weighted by atomic mass is 16.4. The number of hydrogen-bond acceptors (Lipinski definition) is 3. The lowest BCUT2D eigenvalue weighted by Gasteiger charge is -2.20. The summed E-state index contributed by atoms with van der Waals surface area (Å²) in [5, 5.41) is 9.03. The maximum atomic E-state index is 12.2. The van der Waals surface area contributed by atoms with E-state index in [1.165, 1.54) is 0 Å². The Balaban J connectivity index is 1.96. The van der Waals surface area contributed by atoms with Crippen molar-refractivity contribution in [2.75, 3.05) is 13.1 Å². The minimum absolute atomic E-state index is 0.0183. The molecule has 5 nitrogen and oxygen atoms in total. The fourth-order valence-electron chi connectivity index (χ4n) is 2.97. The highest BCUT2D eigenvalue weighted by Crippen LogP contribution is 2.30. The summed E-state index contributed by atoms with van der Waals surface area (Å²) in [6.45, 7) is 2.83. The smallest absolute Gasteiger partial charge is 0.308 e. The molecule has 2 aliphatic rings.